The van der Waals surface area contributed by atoms with Gasteiger partial charge in [-0.2, -0.15) is 5.10 Å². The highest BCUT2D eigenvalue weighted by molar-refractivity contribution is 6.05. The number of aromatic amines is 1. The van der Waals surface area contributed by atoms with E-state index in [0.717, 1.165) is 5.56 Å². The summed E-state index contributed by atoms with van der Waals surface area (Å²) in [6.07, 6.45) is 0. The van der Waals surface area contributed by atoms with Crippen molar-refractivity contribution in [3.05, 3.63) is 57.4 Å². The molecule has 1 aromatic heterocycles. The van der Waals surface area contributed by atoms with Crippen LogP contribution in [0.5, 0.6) is 0 Å². The summed E-state index contributed by atoms with van der Waals surface area (Å²) in [7, 11) is 0. The van der Waals surface area contributed by atoms with Crippen LogP contribution in [-0.4, -0.2) is 27.8 Å². The van der Waals surface area contributed by atoms with E-state index in [9.17, 15) is 9.59 Å². The third kappa shape index (κ3) is 3.78. The minimum absolute atomic E-state index is 0.237. The standard InChI is InChI=1S/C15H13N3O3/c1-10-4-5-12(11(9-10)3-2-8-19)15(21)16-13-6-7-14(20)18-17-13/h4-7,9,19H,8H2,1H3,(H,18,20)(H,16,17,21). The fourth-order valence-corrected chi connectivity index (χ4v) is 1.69. The van der Waals surface area contributed by atoms with Crippen LogP contribution in [0.1, 0.15) is 21.5 Å². The maximum atomic E-state index is 12.2. The van der Waals surface area contributed by atoms with E-state index in [2.05, 4.69) is 27.4 Å². The van der Waals surface area contributed by atoms with Crippen molar-refractivity contribution in [2.45, 2.75) is 6.92 Å². The number of carbonyl (C=O) groups excluding carboxylic acids is 1. The first-order valence-corrected chi connectivity index (χ1v) is 6.17. The van der Waals surface area contributed by atoms with Crippen molar-refractivity contribution in [3.63, 3.8) is 0 Å². The molecule has 0 spiro atoms. The van der Waals surface area contributed by atoms with E-state index >= 15 is 0 Å². The minimum Gasteiger partial charge on any atom is -0.384 e. The van der Waals surface area contributed by atoms with Gasteiger partial charge in [-0.15, -0.1) is 0 Å². The second-order valence-corrected chi connectivity index (χ2v) is 4.27. The lowest BCUT2D eigenvalue weighted by Gasteiger charge is -2.06. The number of aromatic nitrogens is 2. The summed E-state index contributed by atoms with van der Waals surface area (Å²) in [5.41, 5.74) is 1.49. The molecule has 6 nitrogen and oxygen atoms in total. The molecule has 0 aliphatic carbocycles. The maximum Gasteiger partial charge on any atom is 0.264 e. The number of carbonyl (C=O) groups is 1. The van der Waals surface area contributed by atoms with Gasteiger partial charge in [-0.05, 0) is 30.7 Å². The minimum atomic E-state index is -0.392. The summed E-state index contributed by atoms with van der Waals surface area (Å²) >= 11 is 0. The highest BCUT2D eigenvalue weighted by Gasteiger charge is 2.11. The Morgan fingerprint density at radius 2 is 2.19 bits per heavy atom. The molecule has 0 fully saturated rings. The van der Waals surface area contributed by atoms with E-state index in [1.807, 2.05) is 6.92 Å². The molecule has 21 heavy (non-hydrogen) atoms. The van der Waals surface area contributed by atoms with E-state index < -0.39 is 5.91 Å². The van der Waals surface area contributed by atoms with Crippen molar-refractivity contribution < 1.29 is 9.90 Å². The van der Waals surface area contributed by atoms with Crippen LogP contribution in [0.15, 0.2) is 35.1 Å². The Hall–Kier alpha value is -2.91. The quantitative estimate of drug-likeness (QED) is 0.706. The molecule has 3 N–H and O–H groups in total. The van der Waals surface area contributed by atoms with E-state index in [0.29, 0.717) is 11.1 Å². The number of nitrogens with one attached hydrogen (secondary N) is 2. The third-order valence-corrected chi connectivity index (χ3v) is 2.64. The number of aryl methyl sites for hydroxylation is 1. The monoisotopic (exact) mass is 283 g/mol. The molecule has 106 valence electrons. The van der Waals surface area contributed by atoms with Crippen LogP contribution in [-0.2, 0) is 0 Å². The molecular weight excluding hydrogens is 270 g/mol. The number of H-pyrrole nitrogens is 1. The van der Waals surface area contributed by atoms with Gasteiger partial charge in [0.05, 0.1) is 5.56 Å². The first kappa shape index (κ1) is 14.5. The van der Waals surface area contributed by atoms with Crippen molar-refractivity contribution in [1.29, 1.82) is 0 Å². The molecule has 1 heterocycles. The molecule has 0 atom stereocenters. The smallest absolute Gasteiger partial charge is 0.264 e. The second kappa shape index (κ2) is 6.50. The van der Waals surface area contributed by atoms with Gasteiger partial charge in [0.25, 0.3) is 11.5 Å². The Bertz CT molecular complexity index is 764. The Morgan fingerprint density at radius 3 is 2.86 bits per heavy atom. The highest BCUT2D eigenvalue weighted by Crippen LogP contribution is 2.12. The molecule has 6 heteroatoms. The zero-order chi connectivity index (χ0) is 15.2. The van der Waals surface area contributed by atoms with Gasteiger partial charge in [-0.3, -0.25) is 9.59 Å². The maximum absolute atomic E-state index is 12.2. The van der Waals surface area contributed by atoms with Gasteiger partial charge in [0.1, 0.15) is 6.61 Å². The third-order valence-electron chi connectivity index (χ3n) is 2.64. The molecule has 0 aliphatic rings. The number of anilines is 1. The van der Waals surface area contributed by atoms with E-state index in [1.54, 1.807) is 18.2 Å². The largest absolute Gasteiger partial charge is 0.384 e. The van der Waals surface area contributed by atoms with Crippen molar-refractivity contribution in [3.8, 4) is 11.8 Å². The normalized spacial score (nSPS) is 9.62. The summed E-state index contributed by atoms with van der Waals surface area (Å²) in [4.78, 5) is 23.1. The van der Waals surface area contributed by atoms with Crippen molar-refractivity contribution in [1.82, 2.24) is 10.2 Å². The SMILES string of the molecule is Cc1ccc(C(=O)Nc2ccc(=O)[nH]n2)c(C#CCO)c1. The summed E-state index contributed by atoms with van der Waals surface area (Å²) in [6, 6.07) is 7.88. The van der Waals surface area contributed by atoms with Crippen LogP contribution in [0.2, 0.25) is 0 Å². The average molecular weight is 283 g/mol. The molecule has 0 saturated heterocycles. The van der Waals surface area contributed by atoms with Crippen molar-refractivity contribution in [2.24, 2.45) is 0 Å². The van der Waals surface area contributed by atoms with E-state index in [4.69, 9.17) is 5.11 Å². The zero-order valence-corrected chi connectivity index (χ0v) is 11.3. The first-order chi connectivity index (χ1) is 10.1. The summed E-state index contributed by atoms with van der Waals surface area (Å²) < 4.78 is 0. The molecule has 1 amide bonds. The average Bonchev–Trinajstić information content (AvgIpc) is 2.47. The molecule has 2 rings (SSSR count). The van der Waals surface area contributed by atoms with Crippen molar-refractivity contribution in [2.75, 3.05) is 11.9 Å². The van der Waals surface area contributed by atoms with E-state index in [-0.39, 0.29) is 18.0 Å². The number of aliphatic hydroxyl groups is 1. The number of hydrogen-bond donors (Lipinski definition) is 3. The van der Waals surface area contributed by atoms with Gasteiger partial charge in [-0.1, -0.05) is 17.9 Å². The zero-order valence-electron chi connectivity index (χ0n) is 11.3. The van der Waals surface area contributed by atoms with Gasteiger partial charge < -0.3 is 10.4 Å². The Balaban J connectivity index is 2.30. The number of benzene rings is 1. The molecule has 0 bridgehead atoms. The van der Waals surface area contributed by atoms with Gasteiger partial charge in [0.15, 0.2) is 5.82 Å². The van der Waals surface area contributed by atoms with Crippen LogP contribution in [0.3, 0.4) is 0 Å². The second-order valence-electron chi connectivity index (χ2n) is 4.27. The highest BCUT2D eigenvalue weighted by atomic mass is 16.2. The van der Waals surface area contributed by atoms with Crippen LogP contribution < -0.4 is 10.9 Å². The molecule has 0 saturated carbocycles. The molecular formula is C15H13N3O3. The predicted molar refractivity (Wildman–Crippen MR) is 78.0 cm³/mol. The molecule has 0 radical (unpaired) electrons. The Kier molecular flexibility index (Phi) is 4.49. The number of aliphatic hydroxyl groups excluding tert-OH is 1. The lowest BCUT2D eigenvalue weighted by Crippen LogP contribution is -2.17. The Labute approximate surface area is 120 Å². The molecule has 0 aliphatic heterocycles. The predicted octanol–water partition coefficient (Wildman–Crippen LogP) is 0.674. The topological polar surface area (TPSA) is 95.1 Å². The van der Waals surface area contributed by atoms with Crippen LogP contribution >= 0.6 is 0 Å². The fourth-order valence-electron chi connectivity index (χ4n) is 1.69. The first-order valence-electron chi connectivity index (χ1n) is 6.17. The van der Waals surface area contributed by atoms with Gasteiger partial charge in [0, 0.05) is 11.6 Å². The van der Waals surface area contributed by atoms with Gasteiger partial charge >= 0.3 is 0 Å². The lowest BCUT2D eigenvalue weighted by atomic mass is 10.0. The molecule has 1 aromatic carbocycles. The fraction of sp³-hybridized carbons (Fsp3) is 0.133. The number of nitrogens with zero attached hydrogens (tertiary/aromatic N) is 1. The molecule has 2 aromatic rings. The summed E-state index contributed by atoms with van der Waals surface area (Å²) in [5, 5.41) is 17.3. The lowest BCUT2D eigenvalue weighted by molar-refractivity contribution is 0.102. The molecule has 0 unspecified atom stereocenters. The Morgan fingerprint density at radius 1 is 1.38 bits per heavy atom. The number of rotatable bonds is 2. The van der Waals surface area contributed by atoms with E-state index in [1.165, 1.54) is 12.1 Å². The van der Waals surface area contributed by atoms with Crippen LogP contribution in [0.4, 0.5) is 5.82 Å². The number of amides is 1. The summed E-state index contributed by atoms with van der Waals surface area (Å²) in [5.74, 6) is 5.11. The summed E-state index contributed by atoms with van der Waals surface area (Å²) in [6.45, 7) is 1.60. The van der Waals surface area contributed by atoms with Crippen LogP contribution in [0.25, 0.3) is 0 Å². The van der Waals surface area contributed by atoms with Gasteiger partial charge in [-0.25, -0.2) is 5.10 Å². The van der Waals surface area contributed by atoms with Crippen LogP contribution in [0, 0.1) is 18.8 Å². The van der Waals surface area contributed by atoms with Gasteiger partial charge in [0.2, 0.25) is 0 Å². The number of hydrogen-bond acceptors (Lipinski definition) is 4. The van der Waals surface area contributed by atoms with Crippen molar-refractivity contribution >= 4 is 11.7 Å².